The fourth-order valence-electron chi connectivity index (χ4n) is 1.35. The van der Waals surface area contributed by atoms with Gasteiger partial charge in [-0.05, 0) is 19.3 Å². The van der Waals surface area contributed by atoms with E-state index in [1.165, 1.54) is 0 Å². The minimum Gasteiger partial charge on any atom is -1.00 e. The van der Waals surface area contributed by atoms with E-state index < -0.39 is 6.10 Å². The Morgan fingerprint density at radius 2 is 2.27 bits per heavy atom. The number of hydrogen-bond donors (Lipinski definition) is 1. The van der Waals surface area contributed by atoms with Crippen LogP contribution in [0.5, 0.6) is 0 Å². The lowest BCUT2D eigenvalue weighted by atomic mass is 10.1. The number of halogens is 1. The Morgan fingerprint density at radius 1 is 1.53 bits per heavy atom. The van der Waals surface area contributed by atoms with E-state index in [2.05, 4.69) is 10.5 Å². The van der Waals surface area contributed by atoms with Crippen molar-refractivity contribution in [2.45, 2.75) is 31.9 Å². The molecule has 0 saturated carbocycles. The van der Waals surface area contributed by atoms with Crippen LogP contribution in [0.15, 0.2) is 18.7 Å². The van der Waals surface area contributed by atoms with E-state index in [4.69, 9.17) is 11.5 Å². The molecule has 0 amide bonds. The summed E-state index contributed by atoms with van der Waals surface area (Å²) in [5.41, 5.74) is 0. The Morgan fingerprint density at radius 3 is 2.80 bits per heavy atom. The van der Waals surface area contributed by atoms with Gasteiger partial charge < -0.3 is 22.1 Å². The van der Waals surface area contributed by atoms with E-state index in [0.717, 1.165) is 19.4 Å². The molecule has 1 heterocycles. The van der Waals surface area contributed by atoms with Crippen LogP contribution < -0.4 is 21.5 Å². The van der Waals surface area contributed by atoms with Crippen LogP contribution in [0.4, 0.5) is 0 Å². The maximum absolute atomic E-state index is 9.11. The predicted molar refractivity (Wildman–Crippen MR) is 54.3 cm³/mol. The highest BCUT2D eigenvalue weighted by molar-refractivity contribution is 4.92. The molecule has 1 aromatic rings. The number of hydrogen-bond acceptors (Lipinski definition) is 1. The second kappa shape index (κ2) is 7.49. The molecule has 0 aromatic carbocycles. The van der Waals surface area contributed by atoms with Crippen LogP contribution in [0.2, 0.25) is 0 Å². The monoisotopic (exact) mass is 272 g/mol. The number of unbranched alkanes of at least 4 members (excludes halogenated alkanes) is 1. The normalized spacial score (nSPS) is 11.5. The summed E-state index contributed by atoms with van der Waals surface area (Å²) in [7, 11) is 2.00. The first-order chi connectivity index (χ1) is 6.72. The number of terminal acetylenes is 1. The first-order valence-electron chi connectivity index (χ1n) is 4.87. The minimum absolute atomic E-state index is 0. The molecule has 84 valence electrons. The standard InChI is InChI=1S/C11H17N2O.BrH/c1-3-11(14)6-4-5-7-13-9-8-12(2)10-13;/h1,8-11,14H,4-7H2,2H3;1H/q+1;/p-1. The van der Waals surface area contributed by atoms with Crippen LogP contribution >= 0.6 is 0 Å². The highest BCUT2D eigenvalue weighted by Gasteiger charge is 2.01. The Bertz CT molecular complexity index is 317. The van der Waals surface area contributed by atoms with Gasteiger partial charge in [0.15, 0.2) is 0 Å². The van der Waals surface area contributed by atoms with Crippen LogP contribution in [-0.4, -0.2) is 15.8 Å². The van der Waals surface area contributed by atoms with Gasteiger partial charge in [0.2, 0.25) is 6.33 Å². The first-order valence-corrected chi connectivity index (χ1v) is 4.87. The van der Waals surface area contributed by atoms with E-state index in [0.29, 0.717) is 6.42 Å². The quantitative estimate of drug-likeness (QED) is 0.358. The van der Waals surface area contributed by atoms with Crippen molar-refractivity contribution in [1.29, 1.82) is 0 Å². The van der Waals surface area contributed by atoms with Gasteiger partial charge in [-0.3, -0.25) is 0 Å². The van der Waals surface area contributed by atoms with Crippen LogP contribution in [-0.2, 0) is 13.6 Å². The van der Waals surface area contributed by atoms with E-state index in [1.807, 2.05) is 30.3 Å². The van der Waals surface area contributed by atoms with Gasteiger partial charge >= 0.3 is 0 Å². The lowest BCUT2D eigenvalue weighted by Crippen LogP contribution is -3.00. The molecular formula is C11H17BrN2O. The molecule has 0 spiro atoms. The van der Waals surface area contributed by atoms with Crippen molar-refractivity contribution >= 4 is 0 Å². The van der Waals surface area contributed by atoms with Gasteiger partial charge in [0, 0.05) is 0 Å². The van der Waals surface area contributed by atoms with Gasteiger partial charge in [-0.25, -0.2) is 9.13 Å². The summed E-state index contributed by atoms with van der Waals surface area (Å²) >= 11 is 0. The lowest BCUT2D eigenvalue weighted by Gasteiger charge is -2.01. The Balaban J connectivity index is 0.00000196. The van der Waals surface area contributed by atoms with Crippen LogP contribution in [0.3, 0.4) is 0 Å². The zero-order chi connectivity index (χ0) is 10.4. The molecular weight excluding hydrogens is 256 g/mol. The Hall–Kier alpha value is -0.790. The molecule has 0 saturated heterocycles. The molecule has 1 rings (SSSR count). The first kappa shape index (κ1) is 14.2. The second-order valence-electron chi connectivity index (χ2n) is 3.50. The number of nitrogens with zero attached hydrogens (tertiary/aromatic N) is 2. The van der Waals surface area contributed by atoms with Crippen LogP contribution in [0, 0.1) is 12.3 Å². The van der Waals surface area contributed by atoms with Gasteiger partial charge in [-0.15, -0.1) is 6.42 Å². The molecule has 0 aliphatic carbocycles. The van der Waals surface area contributed by atoms with Crippen LogP contribution in [0.25, 0.3) is 0 Å². The topological polar surface area (TPSA) is 29.0 Å². The highest BCUT2D eigenvalue weighted by Crippen LogP contribution is 2.01. The number of aromatic nitrogens is 2. The van der Waals surface area contributed by atoms with Crippen molar-refractivity contribution in [2.75, 3.05) is 0 Å². The minimum atomic E-state index is -0.573. The van der Waals surface area contributed by atoms with Gasteiger partial charge in [-0.2, -0.15) is 0 Å². The number of aryl methyl sites for hydroxylation is 2. The highest BCUT2D eigenvalue weighted by atomic mass is 79.9. The van der Waals surface area contributed by atoms with Crippen molar-refractivity contribution in [2.24, 2.45) is 7.05 Å². The Kier molecular flexibility index (Phi) is 7.10. The van der Waals surface area contributed by atoms with Gasteiger partial charge in [0.25, 0.3) is 0 Å². The molecule has 1 aromatic heterocycles. The fraction of sp³-hybridized carbons (Fsp3) is 0.545. The molecule has 0 aliphatic rings. The Labute approximate surface area is 102 Å². The van der Waals surface area contributed by atoms with Crippen LogP contribution in [0.1, 0.15) is 19.3 Å². The summed E-state index contributed by atoms with van der Waals surface area (Å²) < 4.78 is 4.14. The summed E-state index contributed by atoms with van der Waals surface area (Å²) in [4.78, 5) is 0. The summed E-state index contributed by atoms with van der Waals surface area (Å²) in [5.74, 6) is 2.31. The molecule has 4 heteroatoms. The van der Waals surface area contributed by atoms with Crippen molar-refractivity contribution in [1.82, 2.24) is 4.57 Å². The van der Waals surface area contributed by atoms with Crippen molar-refractivity contribution in [3.8, 4) is 12.3 Å². The lowest BCUT2D eigenvalue weighted by molar-refractivity contribution is -0.671. The molecule has 0 fully saturated rings. The number of aliphatic hydroxyl groups excluding tert-OH is 1. The molecule has 1 atom stereocenters. The molecule has 3 nitrogen and oxygen atoms in total. The van der Waals surface area contributed by atoms with Crippen molar-refractivity contribution < 1.29 is 26.7 Å². The summed E-state index contributed by atoms with van der Waals surface area (Å²) in [6.45, 7) is 0.984. The molecule has 15 heavy (non-hydrogen) atoms. The van der Waals surface area contributed by atoms with E-state index in [1.54, 1.807) is 0 Å². The average molecular weight is 273 g/mol. The van der Waals surface area contributed by atoms with Crippen molar-refractivity contribution in [3.05, 3.63) is 18.7 Å². The number of rotatable bonds is 5. The zero-order valence-electron chi connectivity index (χ0n) is 8.93. The summed E-state index contributed by atoms with van der Waals surface area (Å²) in [6.07, 6.45) is 13.3. The number of imidazole rings is 1. The fourth-order valence-corrected chi connectivity index (χ4v) is 1.35. The van der Waals surface area contributed by atoms with Gasteiger partial charge in [0.05, 0.1) is 13.6 Å². The maximum atomic E-state index is 9.11. The molecule has 1 unspecified atom stereocenters. The zero-order valence-corrected chi connectivity index (χ0v) is 10.5. The second-order valence-corrected chi connectivity index (χ2v) is 3.50. The molecule has 0 bridgehead atoms. The van der Waals surface area contributed by atoms with Gasteiger partial charge in [-0.1, -0.05) is 5.92 Å². The maximum Gasteiger partial charge on any atom is 0.243 e. The summed E-state index contributed by atoms with van der Waals surface area (Å²) in [6, 6.07) is 0. The SMILES string of the molecule is C#CC(O)CCCCn1cc[n+](C)c1.[Br-]. The van der Waals surface area contributed by atoms with Gasteiger partial charge in [0.1, 0.15) is 18.5 Å². The molecule has 1 N–H and O–H groups in total. The molecule has 0 radical (unpaired) electrons. The van der Waals surface area contributed by atoms with E-state index in [-0.39, 0.29) is 17.0 Å². The third-order valence-corrected chi connectivity index (χ3v) is 2.16. The molecule has 0 aliphatic heterocycles. The third kappa shape index (κ3) is 5.60. The predicted octanol–water partition coefficient (Wildman–Crippen LogP) is -2.52. The summed E-state index contributed by atoms with van der Waals surface area (Å²) in [5, 5.41) is 9.11. The third-order valence-electron chi connectivity index (χ3n) is 2.16. The van der Waals surface area contributed by atoms with Crippen molar-refractivity contribution in [3.63, 3.8) is 0 Å². The number of aliphatic hydroxyl groups is 1. The smallest absolute Gasteiger partial charge is 0.243 e. The van der Waals surface area contributed by atoms with E-state index in [9.17, 15) is 0 Å². The largest absolute Gasteiger partial charge is 1.00 e. The van der Waals surface area contributed by atoms with E-state index >= 15 is 0 Å². The average Bonchev–Trinajstić information content (AvgIpc) is 2.58.